The van der Waals surface area contributed by atoms with Crippen LogP contribution in [0.15, 0.2) is 6.07 Å². The van der Waals surface area contributed by atoms with Gasteiger partial charge < -0.3 is 9.88 Å². The second kappa shape index (κ2) is 6.03. The van der Waals surface area contributed by atoms with E-state index >= 15 is 0 Å². The van der Waals surface area contributed by atoms with E-state index in [9.17, 15) is 4.79 Å². The Morgan fingerprint density at radius 1 is 1.38 bits per heavy atom. The number of carbonyl (C=O) groups is 1. The van der Waals surface area contributed by atoms with Gasteiger partial charge in [0.15, 0.2) is 0 Å². The summed E-state index contributed by atoms with van der Waals surface area (Å²) in [5, 5.41) is 16.0. The molecule has 0 aliphatic carbocycles. The fourth-order valence-electron chi connectivity index (χ4n) is 3.29. The summed E-state index contributed by atoms with van der Waals surface area (Å²) in [4.78, 5) is 12.6. The number of aryl methyl sites for hydroxylation is 3. The molecule has 1 N–H and O–H groups in total. The molecule has 24 heavy (non-hydrogen) atoms. The van der Waals surface area contributed by atoms with Crippen molar-refractivity contribution >= 4 is 5.91 Å². The lowest BCUT2D eigenvalue weighted by Crippen LogP contribution is -2.41. The van der Waals surface area contributed by atoms with E-state index in [1.54, 1.807) is 0 Å². The second-order valence-corrected chi connectivity index (χ2v) is 7.46. The standard InChI is InChI=1S/C17H26N6O/c1-6-14-19-20-15-8-7-12(10-22(14)15)18-16(24)13-9-11(2)23(21-13)17(3,4)5/h9,12H,6-8,10H2,1-5H3,(H,18,24). The largest absolute Gasteiger partial charge is 0.346 e. The van der Waals surface area contributed by atoms with Gasteiger partial charge in [-0.1, -0.05) is 6.92 Å². The van der Waals surface area contributed by atoms with Crippen LogP contribution in [0.4, 0.5) is 0 Å². The van der Waals surface area contributed by atoms with Crippen LogP contribution in [0.3, 0.4) is 0 Å². The van der Waals surface area contributed by atoms with Crippen LogP contribution in [0.2, 0.25) is 0 Å². The summed E-state index contributed by atoms with van der Waals surface area (Å²) in [7, 11) is 0. The Morgan fingerprint density at radius 3 is 2.75 bits per heavy atom. The molecular weight excluding hydrogens is 304 g/mol. The third-order valence-corrected chi connectivity index (χ3v) is 4.43. The number of hydrogen-bond acceptors (Lipinski definition) is 4. The van der Waals surface area contributed by atoms with E-state index in [1.165, 1.54) is 0 Å². The molecule has 0 saturated heterocycles. The van der Waals surface area contributed by atoms with Crippen molar-refractivity contribution in [2.24, 2.45) is 0 Å². The van der Waals surface area contributed by atoms with Gasteiger partial charge in [0.2, 0.25) is 0 Å². The van der Waals surface area contributed by atoms with E-state index in [0.29, 0.717) is 5.69 Å². The van der Waals surface area contributed by atoms with Crippen molar-refractivity contribution in [3.8, 4) is 0 Å². The smallest absolute Gasteiger partial charge is 0.272 e. The summed E-state index contributed by atoms with van der Waals surface area (Å²) in [6, 6.07) is 1.94. The highest BCUT2D eigenvalue weighted by atomic mass is 16.2. The Kier molecular flexibility index (Phi) is 4.19. The van der Waals surface area contributed by atoms with Crippen molar-refractivity contribution in [3.63, 3.8) is 0 Å². The maximum atomic E-state index is 12.6. The number of carbonyl (C=O) groups excluding carboxylic acids is 1. The lowest BCUT2D eigenvalue weighted by atomic mass is 10.1. The molecule has 7 heteroatoms. The zero-order valence-corrected chi connectivity index (χ0v) is 15.1. The zero-order valence-electron chi connectivity index (χ0n) is 15.1. The summed E-state index contributed by atoms with van der Waals surface area (Å²) >= 11 is 0. The average molecular weight is 330 g/mol. The number of nitrogens with one attached hydrogen (secondary N) is 1. The van der Waals surface area contributed by atoms with Crippen LogP contribution in [-0.2, 0) is 24.9 Å². The topological polar surface area (TPSA) is 77.6 Å². The summed E-state index contributed by atoms with van der Waals surface area (Å²) in [6.45, 7) is 11.0. The molecule has 2 aromatic heterocycles. The van der Waals surface area contributed by atoms with E-state index in [2.05, 4.69) is 52.9 Å². The fourth-order valence-corrected chi connectivity index (χ4v) is 3.29. The molecule has 1 unspecified atom stereocenters. The van der Waals surface area contributed by atoms with Crippen LogP contribution < -0.4 is 5.32 Å². The predicted octanol–water partition coefficient (Wildman–Crippen LogP) is 1.85. The number of amides is 1. The first-order chi connectivity index (χ1) is 11.3. The number of hydrogen-bond donors (Lipinski definition) is 1. The molecule has 3 heterocycles. The van der Waals surface area contributed by atoms with E-state index in [4.69, 9.17) is 0 Å². The molecular formula is C17H26N6O. The monoisotopic (exact) mass is 330 g/mol. The number of rotatable bonds is 3. The lowest BCUT2D eigenvalue weighted by Gasteiger charge is -2.25. The Balaban J connectivity index is 1.72. The molecule has 1 aliphatic rings. The van der Waals surface area contributed by atoms with E-state index < -0.39 is 0 Å². The van der Waals surface area contributed by atoms with Gasteiger partial charge in [-0.2, -0.15) is 5.10 Å². The normalized spacial score (nSPS) is 17.6. The van der Waals surface area contributed by atoms with Gasteiger partial charge in [-0.3, -0.25) is 9.48 Å². The molecule has 0 spiro atoms. The highest BCUT2D eigenvalue weighted by Crippen LogP contribution is 2.18. The molecule has 0 aromatic carbocycles. The quantitative estimate of drug-likeness (QED) is 0.931. The predicted molar refractivity (Wildman–Crippen MR) is 90.9 cm³/mol. The van der Waals surface area contributed by atoms with Crippen molar-refractivity contribution < 1.29 is 4.79 Å². The molecule has 2 aromatic rings. The van der Waals surface area contributed by atoms with Crippen molar-refractivity contribution in [1.82, 2.24) is 29.9 Å². The Labute approximate surface area is 142 Å². The SMILES string of the molecule is CCc1nnc2n1CC(NC(=O)c1cc(C)n(C(C)(C)C)n1)CC2. The van der Waals surface area contributed by atoms with Gasteiger partial charge >= 0.3 is 0 Å². The Hall–Kier alpha value is -2.18. The molecule has 0 fully saturated rings. The summed E-state index contributed by atoms with van der Waals surface area (Å²) in [5.74, 6) is 1.89. The third-order valence-electron chi connectivity index (χ3n) is 4.43. The molecule has 0 bridgehead atoms. The van der Waals surface area contributed by atoms with Gasteiger partial charge in [0.1, 0.15) is 17.3 Å². The highest BCUT2D eigenvalue weighted by molar-refractivity contribution is 5.92. The van der Waals surface area contributed by atoms with Crippen LogP contribution in [0, 0.1) is 6.92 Å². The molecule has 0 saturated carbocycles. The minimum absolute atomic E-state index is 0.0893. The fraction of sp³-hybridized carbons (Fsp3) is 0.647. The zero-order chi connectivity index (χ0) is 17.5. The maximum absolute atomic E-state index is 12.6. The molecule has 1 aliphatic heterocycles. The van der Waals surface area contributed by atoms with Crippen molar-refractivity contribution in [1.29, 1.82) is 0 Å². The average Bonchev–Trinajstić information content (AvgIpc) is 3.09. The minimum Gasteiger partial charge on any atom is -0.346 e. The molecule has 3 rings (SSSR count). The van der Waals surface area contributed by atoms with Gasteiger partial charge in [-0.05, 0) is 40.2 Å². The molecule has 1 atom stereocenters. The first-order valence-electron chi connectivity index (χ1n) is 8.58. The van der Waals surface area contributed by atoms with E-state index in [-0.39, 0.29) is 17.5 Å². The van der Waals surface area contributed by atoms with E-state index in [0.717, 1.165) is 43.1 Å². The van der Waals surface area contributed by atoms with Crippen LogP contribution in [0.1, 0.15) is 61.9 Å². The molecule has 130 valence electrons. The van der Waals surface area contributed by atoms with Crippen molar-refractivity contribution in [2.75, 3.05) is 0 Å². The van der Waals surface area contributed by atoms with Crippen molar-refractivity contribution in [2.45, 2.75) is 72.0 Å². The lowest BCUT2D eigenvalue weighted by molar-refractivity contribution is 0.0920. The first-order valence-corrected chi connectivity index (χ1v) is 8.58. The van der Waals surface area contributed by atoms with Gasteiger partial charge in [0, 0.05) is 31.1 Å². The third kappa shape index (κ3) is 3.07. The minimum atomic E-state index is -0.138. The summed E-state index contributed by atoms with van der Waals surface area (Å²) in [6.07, 6.45) is 2.57. The highest BCUT2D eigenvalue weighted by Gasteiger charge is 2.26. The summed E-state index contributed by atoms with van der Waals surface area (Å²) < 4.78 is 4.03. The van der Waals surface area contributed by atoms with Crippen molar-refractivity contribution in [3.05, 3.63) is 29.1 Å². The van der Waals surface area contributed by atoms with Crippen LogP contribution in [-0.4, -0.2) is 36.5 Å². The van der Waals surface area contributed by atoms with Gasteiger partial charge in [0.05, 0.1) is 5.54 Å². The Bertz CT molecular complexity index is 738. The van der Waals surface area contributed by atoms with Gasteiger partial charge in [-0.15, -0.1) is 10.2 Å². The number of nitrogens with zero attached hydrogens (tertiary/aromatic N) is 5. The van der Waals surface area contributed by atoms with E-state index in [1.807, 2.05) is 17.7 Å². The first kappa shape index (κ1) is 16.7. The number of fused-ring (bicyclic) bond motifs is 1. The molecule has 1 amide bonds. The van der Waals surface area contributed by atoms with Gasteiger partial charge in [-0.25, -0.2) is 0 Å². The van der Waals surface area contributed by atoms with Crippen LogP contribution in [0.25, 0.3) is 0 Å². The van der Waals surface area contributed by atoms with Gasteiger partial charge in [0.25, 0.3) is 5.91 Å². The Morgan fingerprint density at radius 2 is 2.12 bits per heavy atom. The second-order valence-electron chi connectivity index (χ2n) is 7.46. The molecule has 7 nitrogen and oxygen atoms in total. The van der Waals surface area contributed by atoms with Crippen LogP contribution >= 0.6 is 0 Å². The summed E-state index contributed by atoms with van der Waals surface area (Å²) in [5.41, 5.74) is 1.33. The number of aromatic nitrogens is 5. The van der Waals surface area contributed by atoms with Crippen LogP contribution in [0.5, 0.6) is 0 Å². The maximum Gasteiger partial charge on any atom is 0.272 e. The molecule has 0 radical (unpaired) electrons.